The van der Waals surface area contributed by atoms with Crippen molar-refractivity contribution in [3.63, 3.8) is 0 Å². The Hall–Kier alpha value is -1.39. The summed E-state index contributed by atoms with van der Waals surface area (Å²) in [6, 6.07) is 10.5. The van der Waals surface area contributed by atoms with Crippen LogP contribution in [0.2, 0.25) is 0 Å². The van der Waals surface area contributed by atoms with Crippen LogP contribution in [0.5, 0.6) is 0 Å². The lowest BCUT2D eigenvalue weighted by atomic mass is 10.1. The fourth-order valence-electron chi connectivity index (χ4n) is 2.86. The van der Waals surface area contributed by atoms with E-state index in [1.165, 1.54) is 5.56 Å². The molecule has 116 valence electrons. The molecule has 0 bridgehead atoms. The average Bonchev–Trinajstić information content (AvgIpc) is 2.67. The quantitative estimate of drug-likeness (QED) is 0.805. The van der Waals surface area contributed by atoms with E-state index in [4.69, 9.17) is 4.74 Å². The Kier molecular flexibility index (Phi) is 6.21. The molecule has 0 saturated carbocycles. The zero-order chi connectivity index (χ0) is 15.1. The predicted molar refractivity (Wildman–Crippen MR) is 84.0 cm³/mol. The lowest BCUT2D eigenvalue weighted by Crippen LogP contribution is -2.42. The minimum absolute atomic E-state index is 0.269. The van der Waals surface area contributed by atoms with Crippen molar-refractivity contribution >= 4 is 5.91 Å². The van der Waals surface area contributed by atoms with Gasteiger partial charge in [-0.3, -0.25) is 9.69 Å². The second-order valence-corrected chi connectivity index (χ2v) is 5.61. The highest BCUT2D eigenvalue weighted by Gasteiger charge is 2.28. The van der Waals surface area contributed by atoms with Gasteiger partial charge in [0.1, 0.15) is 0 Å². The van der Waals surface area contributed by atoms with Crippen molar-refractivity contribution in [1.82, 2.24) is 9.80 Å². The minimum Gasteiger partial charge on any atom is -0.383 e. The van der Waals surface area contributed by atoms with Crippen molar-refractivity contribution in [1.29, 1.82) is 0 Å². The van der Waals surface area contributed by atoms with E-state index >= 15 is 0 Å². The Morgan fingerprint density at radius 1 is 1.29 bits per heavy atom. The largest absolute Gasteiger partial charge is 0.383 e. The Balaban J connectivity index is 2.05. The molecule has 0 aliphatic carbocycles. The van der Waals surface area contributed by atoms with E-state index in [2.05, 4.69) is 28.9 Å². The molecular weight excluding hydrogens is 264 g/mol. The molecule has 4 nitrogen and oxygen atoms in total. The second kappa shape index (κ2) is 8.15. The molecule has 1 heterocycles. The van der Waals surface area contributed by atoms with Crippen molar-refractivity contribution in [2.24, 2.45) is 0 Å². The van der Waals surface area contributed by atoms with E-state index in [1.54, 1.807) is 7.11 Å². The van der Waals surface area contributed by atoms with Crippen LogP contribution >= 0.6 is 0 Å². The minimum atomic E-state index is 0.269. The predicted octanol–water partition coefficient (Wildman–Crippen LogP) is 2.15. The fourth-order valence-corrected chi connectivity index (χ4v) is 2.86. The maximum atomic E-state index is 12.5. The molecule has 1 aromatic rings. The van der Waals surface area contributed by atoms with E-state index in [0.717, 1.165) is 39.2 Å². The van der Waals surface area contributed by atoms with Gasteiger partial charge in [-0.25, -0.2) is 0 Å². The Labute approximate surface area is 127 Å². The number of nitrogens with zero attached hydrogens (tertiary/aromatic N) is 2. The van der Waals surface area contributed by atoms with E-state index in [9.17, 15) is 4.79 Å². The first-order valence-electron chi connectivity index (χ1n) is 7.79. The molecule has 1 atom stereocenters. The van der Waals surface area contributed by atoms with Crippen LogP contribution in [0.1, 0.15) is 25.3 Å². The van der Waals surface area contributed by atoms with Gasteiger partial charge in [0.2, 0.25) is 5.91 Å². The Morgan fingerprint density at radius 3 is 2.71 bits per heavy atom. The molecule has 1 aliphatic heterocycles. The number of methoxy groups -OCH3 is 1. The zero-order valence-corrected chi connectivity index (χ0v) is 13.1. The number of benzene rings is 1. The van der Waals surface area contributed by atoms with E-state index in [0.29, 0.717) is 6.42 Å². The molecule has 0 aromatic heterocycles. The highest BCUT2D eigenvalue weighted by atomic mass is 16.5. The molecule has 4 heteroatoms. The van der Waals surface area contributed by atoms with Crippen LogP contribution in [-0.4, -0.2) is 55.1 Å². The summed E-state index contributed by atoms with van der Waals surface area (Å²) in [6.45, 7) is 6.29. The van der Waals surface area contributed by atoms with Crippen LogP contribution in [0.25, 0.3) is 0 Å². The number of rotatable bonds is 6. The summed E-state index contributed by atoms with van der Waals surface area (Å²) in [4.78, 5) is 16.9. The van der Waals surface area contributed by atoms with Gasteiger partial charge in [-0.05, 0) is 12.0 Å². The van der Waals surface area contributed by atoms with Crippen molar-refractivity contribution in [3.05, 3.63) is 35.9 Å². The van der Waals surface area contributed by atoms with Gasteiger partial charge < -0.3 is 9.64 Å². The molecule has 2 rings (SSSR count). The summed E-state index contributed by atoms with van der Waals surface area (Å²) >= 11 is 0. The molecular formula is C17H26N2O2. The molecule has 1 aliphatic rings. The third kappa shape index (κ3) is 4.55. The number of ether oxygens (including phenoxy) is 1. The number of carbonyl (C=O) groups is 1. The molecule has 1 amide bonds. The average molecular weight is 290 g/mol. The molecule has 1 aromatic carbocycles. The fraction of sp³-hybridized carbons (Fsp3) is 0.588. The SMILES string of the molecule is CC[C@@H]1CN(CCOC)CCC(=O)N1Cc1ccccc1. The maximum absolute atomic E-state index is 12.5. The summed E-state index contributed by atoms with van der Waals surface area (Å²) in [5.74, 6) is 0.269. The van der Waals surface area contributed by atoms with Gasteiger partial charge in [0.15, 0.2) is 0 Å². The summed E-state index contributed by atoms with van der Waals surface area (Å²) in [6.07, 6.45) is 1.59. The summed E-state index contributed by atoms with van der Waals surface area (Å²) in [5, 5.41) is 0. The number of carbonyl (C=O) groups excluding carboxylic acids is 1. The van der Waals surface area contributed by atoms with Crippen LogP contribution in [0, 0.1) is 0 Å². The van der Waals surface area contributed by atoms with Crippen molar-refractivity contribution in [2.75, 3.05) is 33.4 Å². The first-order chi connectivity index (χ1) is 10.2. The normalized spacial score (nSPS) is 20.6. The van der Waals surface area contributed by atoms with Crippen molar-refractivity contribution in [2.45, 2.75) is 32.4 Å². The Morgan fingerprint density at radius 2 is 2.05 bits per heavy atom. The van der Waals surface area contributed by atoms with Gasteiger partial charge >= 0.3 is 0 Å². The van der Waals surface area contributed by atoms with E-state index < -0.39 is 0 Å². The third-order valence-electron chi connectivity index (χ3n) is 4.15. The van der Waals surface area contributed by atoms with Crippen LogP contribution in [0.3, 0.4) is 0 Å². The van der Waals surface area contributed by atoms with Gasteiger partial charge in [-0.2, -0.15) is 0 Å². The molecule has 1 saturated heterocycles. The molecule has 0 spiro atoms. The maximum Gasteiger partial charge on any atom is 0.224 e. The first-order valence-corrected chi connectivity index (χ1v) is 7.79. The molecule has 0 N–H and O–H groups in total. The highest BCUT2D eigenvalue weighted by molar-refractivity contribution is 5.77. The zero-order valence-electron chi connectivity index (χ0n) is 13.1. The number of hydrogen-bond acceptors (Lipinski definition) is 3. The van der Waals surface area contributed by atoms with Crippen molar-refractivity contribution in [3.8, 4) is 0 Å². The second-order valence-electron chi connectivity index (χ2n) is 5.61. The number of hydrogen-bond donors (Lipinski definition) is 0. The van der Waals surface area contributed by atoms with Crippen LogP contribution in [0.15, 0.2) is 30.3 Å². The summed E-state index contributed by atoms with van der Waals surface area (Å²) in [7, 11) is 1.72. The highest BCUT2D eigenvalue weighted by Crippen LogP contribution is 2.17. The van der Waals surface area contributed by atoms with Crippen LogP contribution in [-0.2, 0) is 16.1 Å². The molecule has 0 unspecified atom stereocenters. The van der Waals surface area contributed by atoms with Gasteiger partial charge in [0.25, 0.3) is 0 Å². The lowest BCUT2D eigenvalue weighted by molar-refractivity contribution is -0.133. The standard InChI is InChI=1S/C17H26N2O2/c1-3-16-14-18(11-12-21-2)10-9-17(20)19(16)13-15-7-5-4-6-8-15/h4-8,16H,3,9-14H2,1-2H3/t16-/m1/s1. The van der Waals surface area contributed by atoms with Gasteiger partial charge in [0, 0.05) is 45.8 Å². The third-order valence-corrected chi connectivity index (χ3v) is 4.15. The van der Waals surface area contributed by atoms with Gasteiger partial charge in [-0.15, -0.1) is 0 Å². The monoisotopic (exact) mass is 290 g/mol. The lowest BCUT2D eigenvalue weighted by Gasteiger charge is -2.31. The van der Waals surface area contributed by atoms with E-state index in [-0.39, 0.29) is 11.9 Å². The van der Waals surface area contributed by atoms with Gasteiger partial charge in [-0.1, -0.05) is 37.3 Å². The summed E-state index contributed by atoms with van der Waals surface area (Å²) < 4.78 is 5.16. The molecule has 1 fully saturated rings. The molecule has 0 radical (unpaired) electrons. The first kappa shape index (κ1) is 16.0. The van der Waals surface area contributed by atoms with Crippen LogP contribution in [0.4, 0.5) is 0 Å². The van der Waals surface area contributed by atoms with Crippen molar-refractivity contribution < 1.29 is 9.53 Å². The smallest absolute Gasteiger partial charge is 0.224 e. The van der Waals surface area contributed by atoms with Gasteiger partial charge in [0.05, 0.1) is 6.61 Å². The molecule has 21 heavy (non-hydrogen) atoms. The van der Waals surface area contributed by atoms with E-state index in [1.807, 2.05) is 18.2 Å². The summed E-state index contributed by atoms with van der Waals surface area (Å²) in [5.41, 5.74) is 1.20. The topological polar surface area (TPSA) is 32.8 Å². The number of amides is 1. The Bertz CT molecular complexity index is 436. The van der Waals surface area contributed by atoms with Crippen LogP contribution < -0.4 is 0 Å².